The second-order valence-electron chi connectivity index (χ2n) is 10.2. The molecule has 0 amide bonds. The fraction of sp³-hybridized carbons (Fsp3) is 0.345. The number of esters is 2. The molecule has 0 N–H and O–H groups in total. The van der Waals surface area contributed by atoms with Crippen LogP contribution in [0.3, 0.4) is 0 Å². The highest BCUT2D eigenvalue weighted by atomic mass is 16.5. The molecule has 0 unspecified atom stereocenters. The van der Waals surface area contributed by atoms with Gasteiger partial charge in [-0.3, -0.25) is 14.4 Å². The highest BCUT2D eigenvalue weighted by Crippen LogP contribution is 2.32. The molecule has 0 aliphatic rings. The Labute approximate surface area is 207 Å². The summed E-state index contributed by atoms with van der Waals surface area (Å²) in [5, 5.41) is 0. The molecule has 0 atom stereocenters. The smallest absolute Gasteiger partial charge is 0.316 e. The van der Waals surface area contributed by atoms with Gasteiger partial charge in [0.05, 0.1) is 17.9 Å². The molecular weight excluding hydrogens is 444 g/mol. The largest absolute Gasteiger partial charge is 0.496 e. The normalized spacial score (nSPS) is 11.7. The van der Waals surface area contributed by atoms with Gasteiger partial charge in [0, 0.05) is 17.2 Å². The zero-order chi connectivity index (χ0) is 26.4. The Morgan fingerprint density at radius 1 is 0.857 bits per heavy atom. The van der Waals surface area contributed by atoms with E-state index in [1.54, 1.807) is 84.0 Å². The number of carbonyl (C=O) groups is 3. The number of benzene rings is 2. The van der Waals surface area contributed by atoms with E-state index in [0.29, 0.717) is 34.8 Å². The van der Waals surface area contributed by atoms with Crippen molar-refractivity contribution in [2.24, 2.45) is 10.8 Å². The molecule has 35 heavy (non-hydrogen) atoms. The lowest BCUT2D eigenvalue weighted by molar-refractivity contribution is -0.143. The average molecular weight is 479 g/mol. The molecule has 2 aromatic rings. The third kappa shape index (κ3) is 7.67. The third-order valence-electron chi connectivity index (χ3n) is 4.97. The SMILES string of the molecule is C=CCc1cc(C=CC(=O)c2ccc(OC(=O)C(C)(C)C)cc2)c(OC)cc1OC(=O)C(C)(C)C. The second-order valence-corrected chi connectivity index (χ2v) is 10.2. The quantitative estimate of drug-likeness (QED) is 0.147. The molecule has 0 aliphatic heterocycles. The minimum Gasteiger partial charge on any atom is -0.496 e. The van der Waals surface area contributed by atoms with Gasteiger partial charge in [-0.2, -0.15) is 0 Å². The van der Waals surface area contributed by atoms with Crippen LogP contribution in [0.15, 0.2) is 55.1 Å². The first-order valence-corrected chi connectivity index (χ1v) is 11.3. The number of ether oxygens (including phenoxy) is 3. The van der Waals surface area contributed by atoms with Crippen LogP contribution in [0.1, 0.15) is 63.0 Å². The maximum atomic E-state index is 12.7. The monoisotopic (exact) mass is 478 g/mol. The summed E-state index contributed by atoms with van der Waals surface area (Å²) < 4.78 is 16.4. The van der Waals surface area contributed by atoms with Crippen LogP contribution in [0.25, 0.3) is 6.08 Å². The van der Waals surface area contributed by atoms with Crippen LogP contribution in [0, 0.1) is 10.8 Å². The fourth-order valence-corrected chi connectivity index (χ4v) is 2.80. The molecule has 2 rings (SSSR count). The van der Waals surface area contributed by atoms with E-state index in [9.17, 15) is 14.4 Å². The number of allylic oxidation sites excluding steroid dienone is 2. The first kappa shape index (κ1) is 27.6. The minimum atomic E-state index is -0.662. The summed E-state index contributed by atoms with van der Waals surface area (Å²) >= 11 is 0. The minimum absolute atomic E-state index is 0.228. The highest BCUT2D eigenvalue weighted by molar-refractivity contribution is 6.07. The van der Waals surface area contributed by atoms with Gasteiger partial charge < -0.3 is 14.2 Å². The first-order chi connectivity index (χ1) is 16.3. The van der Waals surface area contributed by atoms with Gasteiger partial charge >= 0.3 is 11.9 Å². The van der Waals surface area contributed by atoms with E-state index in [1.165, 1.54) is 13.2 Å². The lowest BCUT2D eigenvalue weighted by Gasteiger charge is -2.19. The van der Waals surface area contributed by atoms with E-state index in [-0.39, 0.29) is 17.7 Å². The topological polar surface area (TPSA) is 78.9 Å². The van der Waals surface area contributed by atoms with Crippen LogP contribution in [0.5, 0.6) is 17.2 Å². The van der Waals surface area contributed by atoms with Crippen molar-refractivity contribution in [2.45, 2.75) is 48.0 Å². The third-order valence-corrected chi connectivity index (χ3v) is 4.97. The molecule has 0 radical (unpaired) electrons. The lowest BCUT2D eigenvalue weighted by Crippen LogP contribution is -2.26. The van der Waals surface area contributed by atoms with Crippen LogP contribution in [-0.4, -0.2) is 24.8 Å². The Kier molecular flexibility index (Phi) is 8.80. The lowest BCUT2D eigenvalue weighted by atomic mass is 9.97. The van der Waals surface area contributed by atoms with Crippen molar-refractivity contribution in [3.05, 3.63) is 71.8 Å². The molecular formula is C29H34O6. The predicted molar refractivity (Wildman–Crippen MR) is 137 cm³/mol. The Hall–Kier alpha value is -3.67. The van der Waals surface area contributed by atoms with Gasteiger partial charge in [-0.25, -0.2) is 0 Å². The van der Waals surface area contributed by atoms with Crippen LogP contribution in [0.2, 0.25) is 0 Å². The number of hydrogen-bond acceptors (Lipinski definition) is 6. The summed E-state index contributed by atoms with van der Waals surface area (Å²) in [5.74, 6) is 0.292. The molecule has 0 saturated heterocycles. The van der Waals surface area contributed by atoms with E-state index < -0.39 is 10.8 Å². The van der Waals surface area contributed by atoms with Crippen LogP contribution in [0.4, 0.5) is 0 Å². The molecule has 6 heteroatoms. The molecule has 2 aromatic carbocycles. The summed E-state index contributed by atoms with van der Waals surface area (Å²) in [7, 11) is 1.51. The van der Waals surface area contributed by atoms with E-state index >= 15 is 0 Å². The first-order valence-electron chi connectivity index (χ1n) is 11.3. The summed E-state index contributed by atoms with van der Waals surface area (Å²) in [4.78, 5) is 37.2. The zero-order valence-electron chi connectivity index (χ0n) is 21.6. The van der Waals surface area contributed by atoms with Crippen molar-refractivity contribution in [3.63, 3.8) is 0 Å². The van der Waals surface area contributed by atoms with Crippen molar-refractivity contribution in [1.29, 1.82) is 0 Å². The van der Waals surface area contributed by atoms with Gasteiger partial charge in [0.2, 0.25) is 0 Å². The van der Waals surface area contributed by atoms with Gasteiger partial charge in [-0.15, -0.1) is 6.58 Å². The number of ketones is 1. The van der Waals surface area contributed by atoms with E-state index in [2.05, 4.69) is 6.58 Å². The Morgan fingerprint density at radius 3 is 1.94 bits per heavy atom. The van der Waals surface area contributed by atoms with Crippen molar-refractivity contribution < 1.29 is 28.6 Å². The molecule has 186 valence electrons. The fourth-order valence-electron chi connectivity index (χ4n) is 2.80. The zero-order valence-corrected chi connectivity index (χ0v) is 21.6. The number of hydrogen-bond donors (Lipinski definition) is 0. The molecule has 0 saturated carbocycles. The standard InChI is InChI=1S/C29H34O6/c1-9-10-20-17-21(24(33-8)18-25(20)35-27(32)29(5,6)7)13-16-23(30)19-11-14-22(15-12-19)34-26(31)28(2,3)4/h9,11-18H,1,10H2,2-8H3. The second kappa shape index (κ2) is 11.2. The summed E-state index contributed by atoms with van der Waals surface area (Å²) in [5.41, 5.74) is 0.559. The Bertz CT molecular complexity index is 1130. The summed E-state index contributed by atoms with van der Waals surface area (Å²) in [6, 6.07) is 9.84. The van der Waals surface area contributed by atoms with Gasteiger partial charge in [0.1, 0.15) is 17.2 Å². The molecule has 0 bridgehead atoms. The molecule has 0 aromatic heterocycles. The predicted octanol–water partition coefficient (Wildman–Crippen LogP) is 6.22. The number of carbonyl (C=O) groups excluding carboxylic acids is 3. The van der Waals surface area contributed by atoms with Crippen molar-refractivity contribution in [1.82, 2.24) is 0 Å². The summed E-state index contributed by atoms with van der Waals surface area (Å²) in [6.45, 7) is 14.4. The summed E-state index contributed by atoms with van der Waals surface area (Å²) in [6.07, 6.45) is 5.27. The van der Waals surface area contributed by atoms with Gasteiger partial charge in [-0.05, 0) is 96.0 Å². The maximum Gasteiger partial charge on any atom is 0.316 e. The van der Waals surface area contributed by atoms with Crippen LogP contribution in [-0.2, 0) is 16.0 Å². The van der Waals surface area contributed by atoms with Gasteiger partial charge in [0.25, 0.3) is 0 Å². The van der Waals surface area contributed by atoms with Gasteiger partial charge in [-0.1, -0.05) is 6.08 Å². The van der Waals surface area contributed by atoms with Crippen LogP contribution < -0.4 is 14.2 Å². The Balaban J connectivity index is 2.27. The van der Waals surface area contributed by atoms with Crippen molar-refractivity contribution in [2.75, 3.05) is 7.11 Å². The number of rotatable bonds is 8. The molecule has 0 fully saturated rings. The highest BCUT2D eigenvalue weighted by Gasteiger charge is 2.25. The molecule has 0 spiro atoms. The van der Waals surface area contributed by atoms with Crippen molar-refractivity contribution >= 4 is 23.8 Å². The molecule has 0 heterocycles. The van der Waals surface area contributed by atoms with E-state index in [0.717, 1.165) is 5.56 Å². The van der Waals surface area contributed by atoms with E-state index in [4.69, 9.17) is 14.2 Å². The van der Waals surface area contributed by atoms with Gasteiger partial charge in [0.15, 0.2) is 5.78 Å². The molecule has 0 aliphatic carbocycles. The van der Waals surface area contributed by atoms with Crippen LogP contribution >= 0.6 is 0 Å². The average Bonchev–Trinajstić information content (AvgIpc) is 2.77. The van der Waals surface area contributed by atoms with Crippen molar-refractivity contribution in [3.8, 4) is 17.2 Å². The maximum absolute atomic E-state index is 12.7. The van der Waals surface area contributed by atoms with E-state index in [1.807, 2.05) is 6.07 Å². The number of methoxy groups -OCH3 is 1. The molecule has 6 nitrogen and oxygen atoms in total. The Morgan fingerprint density at radius 2 is 1.43 bits per heavy atom.